The zero-order valence-electron chi connectivity index (χ0n) is 20.3. The van der Waals surface area contributed by atoms with Crippen molar-refractivity contribution in [1.82, 2.24) is 21.3 Å². The van der Waals surface area contributed by atoms with Crippen molar-refractivity contribution < 1.29 is 19.2 Å². The molecular formula is C23H38N6O4. The van der Waals surface area contributed by atoms with Crippen LogP contribution in [0.5, 0.6) is 0 Å². The first-order valence-electron chi connectivity index (χ1n) is 11.4. The first-order valence-corrected chi connectivity index (χ1v) is 11.4. The summed E-state index contributed by atoms with van der Waals surface area (Å²) in [5, 5.41) is 16.4. The molecule has 6 N–H and O–H groups in total. The molecule has 184 valence electrons. The average Bonchev–Trinajstić information content (AvgIpc) is 2.75. The first-order chi connectivity index (χ1) is 15.6. The van der Waals surface area contributed by atoms with Crippen molar-refractivity contribution in [1.29, 1.82) is 0 Å². The number of urea groups is 2. The average molecular weight is 463 g/mol. The fraction of sp³-hybridized carbons (Fsp3) is 0.565. The number of aryl methyl sites for hydroxylation is 1. The monoisotopic (exact) mass is 462 g/mol. The van der Waals surface area contributed by atoms with E-state index in [0.29, 0.717) is 11.4 Å². The van der Waals surface area contributed by atoms with Crippen LogP contribution in [0.2, 0.25) is 0 Å². The predicted octanol–water partition coefficient (Wildman–Crippen LogP) is 2.85. The lowest BCUT2D eigenvalue weighted by atomic mass is 10.2. The Balaban J connectivity index is 2.46. The van der Waals surface area contributed by atoms with Crippen molar-refractivity contribution >= 4 is 35.3 Å². The molecule has 33 heavy (non-hydrogen) atoms. The van der Waals surface area contributed by atoms with E-state index in [9.17, 15) is 19.2 Å². The molecule has 0 spiro atoms. The summed E-state index contributed by atoms with van der Waals surface area (Å²) in [6.07, 6.45) is 2.06. The number of rotatable bonds is 12. The molecule has 0 aliphatic heterocycles. The Kier molecular flexibility index (Phi) is 12.4. The molecule has 0 aliphatic carbocycles. The Hall–Kier alpha value is -3.30. The van der Waals surface area contributed by atoms with Crippen LogP contribution in [0, 0.1) is 6.92 Å². The number of carbonyl (C=O) groups is 4. The van der Waals surface area contributed by atoms with Gasteiger partial charge in [-0.15, -0.1) is 0 Å². The number of amides is 6. The second-order valence-electron chi connectivity index (χ2n) is 8.05. The second-order valence-corrected chi connectivity index (χ2v) is 8.05. The van der Waals surface area contributed by atoms with Crippen LogP contribution in [0.1, 0.15) is 58.9 Å². The Morgan fingerprint density at radius 1 is 0.788 bits per heavy atom. The molecule has 0 bridgehead atoms. The third-order valence-electron chi connectivity index (χ3n) is 5.06. The molecule has 0 aromatic heterocycles. The van der Waals surface area contributed by atoms with E-state index >= 15 is 0 Å². The van der Waals surface area contributed by atoms with Gasteiger partial charge in [0, 0.05) is 49.4 Å². The first kappa shape index (κ1) is 27.7. The van der Waals surface area contributed by atoms with Crippen molar-refractivity contribution in [3.05, 3.63) is 23.8 Å². The van der Waals surface area contributed by atoms with E-state index in [1.807, 2.05) is 34.6 Å². The van der Waals surface area contributed by atoms with Gasteiger partial charge in [0.2, 0.25) is 11.8 Å². The maximum atomic E-state index is 12.2. The number of hydrogen-bond donors (Lipinski definition) is 6. The molecule has 10 nitrogen and oxygen atoms in total. The summed E-state index contributed by atoms with van der Waals surface area (Å²) >= 11 is 0. The zero-order chi connectivity index (χ0) is 24.8. The quantitative estimate of drug-likeness (QED) is 0.284. The highest BCUT2D eigenvalue weighted by atomic mass is 16.2. The van der Waals surface area contributed by atoms with Crippen LogP contribution in [0.25, 0.3) is 0 Å². The topological polar surface area (TPSA) is 140 Å². The van der Waals surface area contributed by atoms with Gasteiger partial charge in [-0.3, -0.25) is 9.59 Å². The van der Waals surface area contributed by atoms with Gasteiger partial charge in [-0.25, -0.2) is 9.59 Å². The molecule has 10 heteroatoms. The van der Waals surface area contributed by atoms with Crippen molar-refractivity contribution in [2.75, 3.05) is 23.7 Å². The third-order valence-corrected chi connectivity index (χ3v) is 5.06. The molecular weight excluding hydrogens is 424 g/mol. The third kappa shape index (κ3) is 11.8. The number of hydrogen-bond acceptors (Lipinski definition) is 4. The fourth-order valence-electron chi connectivity index (χ4n) is 2.65. The molecule has 1 aromatic carbocycles. The number of benzene rings is 1. The summed E-state index contributed by atoms with van der Waals surface area (Å²) in [5.74, 6) is -0.231. The Labute approximate surface area is 196 Å². The van der Waals surface area contributed by atoms with Gasteiger partial charge >= 0.3 is 12.1 Å². The van der Waals surface area contributed by atoms with Crippen LogP contribution in [0.15, 0.2) is 18.2 Å². The van der Waals surface area contributed by atoms with Gasteiger partial charge < -0.3 is 31.9 Å². The van der Waals surface area contributed by atoms with Gasteiger partial charge in [0.15, 0.2) is 0 Å². The molecule has 0 fully saturated rings. The van der Waals surface area contributed by atoms with Gasteiger partial charge in [0.1, 0.15) is 0 Å². The normalized spacial score (nSPS) is 12.2. The maximum Gasteiger partial charge on any atom is 0.319 e. The fourth-order valence-corrected chi connectivity index (χ4v) is 2.65. The molecule has 1 rings (SSSR count). The molecule has 0 saturated heterocycles. The van der Waals surface area contributed by atoms with Gasteiger partial charge in [-0.1, -0.05) is 19.9 Å². The lowest BCUT2D eigenvalue weighted by Crippen LogP contribution is -2.36. The maximum absolute atomic E-state index is 12.2. The van der Waals surface area contributed by atoms with Crippen LogP contribution in [-0.4, -0.2) is 49.0 Å². The molecule has 2 atom stereocenters. The van der Waals surface area contributed by atoms with Crippen LogP contribution in [0.4, 0.5) is 21.0 Å². The summed E-state index contributed by atoms with van der Waals surface area (Å²) in [5.41, 5.74) is 1.83. The lowest BCUT2D eigenvalue weighted by Gasteiger charge is -2.14. The smallest absolute Gasteiger partial charge is 0.319 e. The summed E-state index contributed by atoms with van der Waals surface area (Å²) in [6, 6.07) is 4.44. The van der Waals surface area contributed by atoms with Crippen molar-refractivity contribution in [3.63, 3.8) is 0 Å². The summed E-state index contributed by atoms with van der Waals surface area (Å²) in [6.45, 7) is 10.1. The van der Waals surface area contributed by atoms with Crippen molar-refractivity contribution in [2.45, 2.75) is 72.4 Å². The van der Waals surface area contributed by atoms with Crippen LogP contribution < -0.4 is 31.9 Å². The van der Waals surface area contributed by atoms with E-state index in [-0.39, 0.29) is 49.8 Å². The summed E-state index contributed by atoms with van der Waals surface area (Å²) in [4.78, 5) is 47.8. The Morgan fingerprint density at radius 2 is 1.27 bits per heavy atom. The summed E-state index contributed by atoms with van der Waals surface area (Å²) in [7, 11) is 0. The summed E-state index contributed by atoms with van der Waals surface area (Å²) < 4.78 is 0. The highest BCUT2D eigenvalue weighted by molar-refractivity contribution is 5.93. The van der Waals surface area contributed by atoms with Gasteiger partial charge in [-0.05, 0) is 51.3 Å². The van der Waals surface area contributed by atoms with Crippen molar-refractivity contribution in [2.24, 2.45) is 0 Å². The van der Waals surface area contributed by atoms with E-state index in [1.54, 1.807) is 18.2 Å². The van der Waals surface area contributed by atoms with Gasteiger partial charge in [0.25, 0.3) is 0 Å². The minimum absolute atomic E-state index is 0.100. The van der Waals surface area contributed by atoms with E-state index < -0.39 is 12.1 Å². The zero-order valence-corrected chi connectivity index (χ0v) is 20.3. The van der Waals surface area contributed by atoms with E-state index in [0.717, 1.165) is 18.4 Å². The largest absolute Gasteiger partial charge is 0.354 e. The Morgan fingerprint density at radius 3 is 1.76 bits per heavy atom. The highest BCUT2D eigenvalue weighted by Gasteiger charge is 2.10. The number of anilines is 2. The standard InChI is InChI=1S/C23H38N6O4/c1-6-16(4)26-20(30)10-12-24-22(32)28-18-9-8-15(3)19(14-18)29-23(33)25-13-11-21(31)27-17(5)7-2/h8-9,14,16-17H,6-7,10-13H2,1-5H3,(H,26,30)(H,27,31)(H2,24,28,32)(H2,25,29,33). The van der Waals surface area contributed by atoms with Gasteiger partial charge in [0.05, 0.1) is 0 Å². The lowest BCUT2D eigenvalue weighted by molar-refractivity contribution is -0.122. The number of carbonyl (C=O) groups excluding carboxylic acids is 4. The SMILES string of the molecule is CCC(C)NC(=O)CCNC(=O)Nc1ccc(C)c(NC(=O)NCCC(=O)NC(C)CC)c1. The van der Waals surface area contributed by atoms with Crippen LogP contribution in [0.3, 0.4) is 0 Å². The van der Waals surface area contributed by atoms with Crippen molar-refractivity contribution in [3.8, 4) is 0 Å². The number of nitrogens with one attached hydrogen (secondary N) is 6. The predicted molar refractivity (Wildman–Crippen MR) is 130 cm³/mol. The molecule has 0 aliphatic rings. The van der Waals surface area contributed by atoms with Gasteiger partial charge in [-0.2, -0.15) is 0 Å². The molecule has 6 amide bonds. The van der Waals surface area contributed by atoms with Crippen LogP contribution in [-0.2, 0) is 9.59 Å². The van der Waals surface area contributed by atoms with E-state index in [1.165, 1.54) is 0 Å². The molecule has 0 heterocycles. The highest BCUT2D eigenvalue weighted by Crippen LogP contribution is 2.20. The molecule has 2 unspecified atom stereocenters. The Bertz CT molecular complexity index is 814. The minimum atomic E-state index is -0.446. The minimum Gasteiger partial charge on any atom is -0.354 e. The second kappa shape index (κ2) is 14.7. The molecule has 0 saturated carbocycles. The van der Waals surface area contributed by atoms with E-state index in [4.69, 9.17) is 0 Å². The molecule has 0 radical (unpaired) electrons. The van der Waals surface area contributed by atoms with Crippen LogP contribution >= 0.6 is 0 Å². The molecule has 1 aromatic rings. The van der Waals surface area contributed by atoms with E-state index in [2.05, 4.69) is 31.9 Å².